The molecule has 3 nitrogen and oxygen atoms in total. The molecule has 1 unspecified atom stereocenters. The second-order valence-corrected chi connectivity index (χ2v) is 6.09. The zero-order valence-corrected chi connectivity index (χ0v) is 13.2. The lowest BCUT2D eigenvalue weighted by atomic mass is 9.90. The van der Waals surface area contributed by atoms with E-state index >= 15 is 0 Å². The Labute approximate surface area is 132 Å². The molecule has 0 radical (unpaired) electrons. The van der Waals surface area contributed by atoms with Gasteiger partial charge in [-0.05, 0) is 23.1 Å². The minimum Gasteiger partial charge on any atom is -0.348 e. The van der Waals surface area contributed by atoms with E-state index in [0.717, 1.165) is 13.0 Å². The molecule has 0 bridgehead atoms. The molecule has 0 aliphatic carbocycles. The third kappa shape index (κ3) is 3.04. The molecule has 0 saturated carbocycles. The van der Waals surface area contributed by atoms with E-state index < -0.39 is 0 Å². The van der Waals surface area contributed by atoms with Crippen molar-refractivity contribution < 1.29 is 4.79 Å². The van der Waals surface area contributed by atoms with E-state index in [1.807, 2.05) is 20.2 Å². The van der Waals surface area contributed by atoms with Gasteiger partial charge in [0.05, 0.1) is 6.54 Å². The predicted molar refractivity (Wildman–Crippen MR) is 88.4 cm³/mol. The third-order valence-corrected chi connectivity index (χ3v) is 4.37. The standard InChI is InChI=1S/C19H22N2O/c1-20(2)19(22)14-21-13-17-11-7-6-10-16(17)12-18(21)15-8-4-3-5-9-15/h3-11,18H,12-14H2,1-2H3. The van der Waals surface area contributed by atoms with Crippen LogP contribution in [0, 0.1) is 0 Å². The van der Waals surface area contributed by atoms with Gasteiger partial charge in [-0.3, -0.25) is 9.69 Å². The van der Waals surface area contributed by atoms with E-state index in [0.29, 0.717) is 6.54 Å². The quantitative estimate of drug-likeness (QED) is 0.869. The Bertz CT molecular complexity index is 651. The number of fused-ring (bicyclic) bond motifs is 1. The number of likely N-dealkylation sites (N-methyl/N-ethyl adjacent to an activating group) is 1. The van der Waals surface area contributed by atoms with Gasteiger partial charge in [0.15, 0.2) is 0 Å². The van der Waals surface area contributed by atoms with Gasteiger partial charge in [-0.1, -0.05) is 54.6 Å². The molecular weight excluding hydrogens is 272 g/mol. The monoisotopic (exact) mass is 294 g/mol. The van der Waals surface area contributed by atoms with E-state index in [1.54, 1.807) is 4.90 Å². The molecule has 0 saturated heterocycles. The molecule has 1 atom stereocenters. The molecule has 1 aliphatic heterocycles. The van der Waals surface area contributed by atoms with Gasteiger partial charge in [-0.15, -0.1) is 0 Å². The Hall–Kier alpha value is -2.13. The fourth-order valence-corrected chi connectivity index (χ4v) is 3.06. The molecule has 22 heavy (non-hydrogen) atoms. The molecule has 0 N–H and O–H groups in total. The zero-order chi connectivity index (χ0) is 15.5. The molecule has 0 spiro atoms. The lowest BCUT2D eigenvalue weighted by Crippen LogP contribution is -2.41. The normalized spacial score (nSPS) is 17.8. The van der Waals surface area contributed by atoms with E-state index in [9.17, 15) is 4.79 Å². The molecule has 0 aromatic heterocycles. The number of hydrogen-bond donors (Lipinski definition) is 0. The number of rotatable bonds is 3. The van der Waals surface area contributed by atoms with Gasteiger partial charge >= 0.3 is 0 Å². The number of carbonyl (C=O) groups is 1. The fraction of sp³-hybridized carbons (Fsp3) is 0.316. The van der Waals surface area contributed by atoms with Crippen LogP contribution >= 0.6 is 0 Å². The van der Waals surface area contributed by atoms with E-state index in [1.165, 1.54) is 16.7 Å². The lowest BCUT2D eigenvalue weighted by molar-refractivity contribution is -0.130. The van der Waals surface area contributed by atoms with Crippen LogP contribution in [-0.4, -0.2) is 36.3 Å². The van der Waals surface area contributed by atoms with Crippen molar-refractivity contribution in [1.82, 2.24) is 9.80 Å². The maximum Gasteiger partial charge on any atom is 0.236 e. The highest BCUT2D eigenvalue weighted by Gasteiger charge is 2.28. The first-order valence-electron chi connectivity index (χ1n) is 7.71. The molecule has 0 fully saturated rings. The van der Waals surface area contributed by atoms with Gasteiger partial charge in [0.25, 0.3) is 0 Å². The molecule has 1 amide bonds. The molecule has 2 aromatic rings. The lowest BCUT2D eigenvalue weighted by Gasteiger charge is -2.37. The average molecular weight is 294 g/mol. The highest BCUT2D eigenvalue weighted by atomic mass is 16.2. The summed E-state index contributed by atoms with van der Waals surface area (Å²) in [6.45, 7) is 1.29. The van der Waals surface area contributed by atoms with Gasteiger partial charge in [0.1, 0.15) is 0 Å². The Kier molecular flexibility index (Phi) is 4.25. The third-order valence-electron chi connectivity index (χ3n) is 4.37. The molecular formula is C19H22N2O. The highest BCUT2D eigenvalue weighted by Crippen LogP contribution is 2.32. The van der Waals surface area contributed by atoms with Gasteiger partial charge < -0.3 is 4.90 Å². The van der Waals surface area contributed by atoms with Crippen LogP contribution in [0.1, 0.15) is 22.7 Å². The van der Waals surface area contributed by atoms with Crippen molar-refractivity contribution in [3.8, 4) is 0 Å². The van der Waals surface area contributed by atoms with E-state index in [2.05, 4.69) is 53.4 Å². The minimum absolute atomic E-state index is 0.153. The number of nitrogens with zero attached hydrogens (tertiary/aromatic N) is 2. The highest BCUT2D eigenvalue weighted by molar-refractivity contribution is 5.77. The van der Waals surface area contributed by atoms with Gasteiger partial charge in [0.2, 0.25) is 5.91 Å². The van der Waals surface area contributed by atoms with E-state index in [-0.39, 0.29) is 11.9 Å². The minimum atomic E-state index is 0.153. The number of hydrogen-bond acceptors (Lipinski definition) is 2. The first-order chi connectivity index (χ1) is 10.6. The summed E-state index contributed by atoms with van der Waals surface area (Å²) < 4.78 is 0. The Balaban J connectivity index is 1.91. The molecule has 3 heteroatoms. The Morgan fingerprint density at radius 3 is 2.36 bits per heavy atom. The Morgan fingerprint density at radius 2 is 1.68 bits per heavy atom. The van der Waals surface area contributed by atoms with Crippen molar-refractivity contribution in [2.75, 3.05) is 20.6 Å². The molecule has 1 heterocycles. The summed E-state index contributed by atoms with van der Waals surface area (Å²) in [7, 11) is 3.63. The second-order valence-electron chi connectivity index (χ2n) is 6.09. The summed E-state index contributed by atoms with van der Waals surface area (Å²) in [5.74, 6) is 0.153. The molecule has 2 aromatic carbocycles. The molecule has 3 rings (SSSR count). The van der Waals surface area contributed by atoms with E-state index in [4.69, 9.17) is 0 Å². The van der Waals surface area contributed by atoms with Crippen LogP contribution in [0.25, 0.3) is 0 Å². The van der Waals surface area contributed by atoms with Crippen molar-refractivity contribution in [1.29, 1.82) is 0 Å². The van der Waals surface area contributed by atoms with Crippen molar-refractivity contribution in [3.05, 3.63) is 71.3 Å². The van der Waals surface area contributed by atoms with Crippen molar-refractivity contribution in [2.24, 2.45) is 0 Å². The number of benzene rings is 2. The van der Waals surface area contributed by atoms with Crippen molar-refractivity contribution in [2.45, 2.75) is 19.0 Å². The zero-order valence-electron chi connectivity index (χ0n) is 13.2. The molecule has 114 valence electrons. The molecule has 1 aliphatic rings. The van der Waals surface area contributed by atoms with Crippen LogP contribution in [0.3, 0.4) is 0 Å². The summed E-state index contributed by atoms with van der Waals surface area (Å²) in [6, 6.07) is 19.3. The van der Waals surface area contributed by atoms with Crippen LogP contribution < -0.4 is 0 Å². The van der Waals surface area contributed by atoms with Crippen LogP contribution in [0.4, 0.5) is 0 Å². The van der Waals surface area contributed by atoms with Crippen LogP contribution in [0.2, 0.25) is 0 Å². The van der Waals surface area contributed by atoms with Gasteiger partial charge in [-0.25, -0.2) is 0 Å². The van der Waals surface area contributed by atoms with Gasteiger partial charge in [0, 0.05) is 26.7 Å². The SMILES string of the molecule is CN(C)C(=O)CN1Cc2ccccc2CC1c1ccccc1. The van der Waals surface area contributed by atoms with Gasteiger partial charge in [-0.2, -0.15) is 0 Å². The summed E-state index contributed by atoms with van der Waals surface area (Å²) >= 11 is 0. The Morgan fingerprint density at radius 1 is 1.05 bits per heavy atom. The second kappa shape index (κ2) is 6.32. The smallest absolute Gasteiger partial charge is 0.236 e. The summed E-state index contributed by atoms with van der Waals surface area (Å²) in [4.78, 5) is 16.1. The fourth-order valence-electron chi connectivity index (χ4n) is 3.06. The van der Waals surface area contributed by atoms with Crippen LogP contribution in [0.15, 0.2) is 54.6 Å². The first kappa shape index (κ1) is 14.8. The topological polar surface area (TPSA) is 23.6 Å². The van der Waals surface area contributed by atoms with Crippen molar-refractivity contribution in [3.63, 3.8) is 0 Å². The predicted octanol–water partition coefficient (Wildman–Crippen LogP) is 2.87. The number of carbonyl (C=O) groups excluding carboxylic acids is 1. The maximum atomic E-state index is 12.2. The van der Waals surface area contributed by atoms with Crippen molar-refractivity contribution >= 4 is 5.91 Å². The average Bonchev–Trinajstić information content (AvgIpc) is 2.55. The van der Waals surface area contributed by atoms with Crippen LogP contribution in [-0.2, 0) is 17.8 Å². The maximum absolute atomic E-state index is 12.2. The number of amides is 1. The largest absolute Gasteiger partial charge is 0.348 e. The van der Waals surface area contributed by atoms with Crippen LogP contribution in [0.5, 0.6) is 0 Å². The summed E-state index contributed by atoms with van der Waals surface area (Å²) in [5.41, 5.74) is 4.01. The first-order valence-corrected chi connectivity index (χ1v) is 7.71. The summed E-state index contributed by atoms with van der Waals surface area (Å²) in [5, 5.41) is 0. The summed E-state index contributed by atoms with van der Waals surface area (Å²) in [6.07, 6.45) is 0.959.